The molecule has 15 heavy (non-hydrogen) atoms. The molecule has 0 amide bonds. The van der Waals surface area contributed by atoms with Crippen molar-refractivity contribution in [3.8, 4) is 6.07 Å². The average Bonchev–Trinajstić information content (AvgIpc) is 2.27. The van der Waals surface area contributed by atoms with E-state index in [4.69, 9.17) is 5.26 Å². The van der Waals surface area contributed by atoms with Crippen LogP contribution >= 0.6 is 12.6 Å². The number of carbonyl (C=O) groups excluding carboxylic acids is 1. The van der Waals surface area contributed by atoms with Crippen LogP contribution in [0.2, 0.25) is 0 Å². The molecule has 1 rings (SSSR count). The van der Waals surface area contributed by atoms with E-state index < -0.39 is 5.97 Å². The van der Waals surface area contributed by atoms with Crippen molar-refractivity contribution in [2.45, 2.75) is 18.2 Å². The molecule has 0 heterocycles. The van der Waals surface area contributed by atoms with Crippen molar-refractivity contribution >= 4 is 18.6 Å². The molecule has 78 valence electrons. The lowest BCUT2D eigenvalue weighted by atomic mass is 10.00. The van der Waals surface area contributed by atoms with Gasteiger partial charge in [0.1, 0.15) is 6.07 Å². The lowest BCUT2D eigenvalue weighted by Crippen LogP contribution is -2.08. The van der Waals surface area contributed by atoms with E-state index in [0.29, 0.717) is 16.9 Å². The Hall–Kier alpha value is -1.47. The molecule has 3 nitrogen and oxygen atoms in total. The number of aryl methyl sites for hydroxylation is 1. The topological polar surface area (TPSA) is 50.1 Å². The molecule has 4 heteroatoms. The number of esters is 1. The van der Waals surface area contributed by atoms with Crippen molar-refractivity contribution in [3.63, 3.8) is 0 Å². The fourth-order valence-electron chi connectivity index (χ4n) is 1.38. The SMILES string of the molecule is CCc1ccc(S)c(C#N)c1C(=O)OC. The third-order valence-corrected chi connectivity index (χ3v) is 2.52. The highest BCUT2D eigenvalue weighted by molar-refractivity contribution is 7.80. The van der Waals surface area contributed by atoms with Crippen LogP contribution in [0.4, 0.5) is 0 Å². The van der Waals surface area contributed by atoms with Gasteiger partial charge in [-0.1, -0.05) is 13.0 Å². The molecule has 0 saturated carbocycles. The fourth-order valence-corrected chi connectivity index (χ4v) is 1.61. The number of nitriles is 1. The first-order valence-corrected chi connectivity index (χ1v) is 4.93. The van der Waals surface area contributed by atoms with Crippen LogP contribution in [0.3, 0.4) is 0 Å². The molecule has 0 aliphatic heterocycles. The standard InChI is InChI=1S/C11H11NO2S/c1-3-7-4-5-9(15)8(6-12)10(7)11(13)14-2/h4-5,15H,3H2,1-2H3. The minimum atomic E-state index is -0.487. The maximum atomic E-state index is 11.5. The molecule has 0 atom stereocenters. The van der Waals surface area contributed by atoms with Crippen molar-refractivity contribution in [1.82, 2.24) is 0 Å². The smallest absolute Gasteiger partial charge is 0.339 e. The summed E-state index contributed by atoms with van der Waals surface area (Å²) in [5.74, 6) is -0.487. The van der Waals surface area contributed by atoms with E-state index in [-0.39, 0.29) is 5.56 Å². The van der Waals surface area contributed by atoms with Gasteiger partial charge < -0.3 is 4.74 Å². The predicted molar refractivity (Wildman–Crippen MR) is 59.1 cm³/mol. The molecule has 0 unspecified atom stereocenters. The van der Waals surface area contributed by atoms with Gasteiger partial charge in [0.05, 0.1) is 18.2 Å². The van der Waals surface area contributed by atoms with Gasteiger partial charge in [-0.15, -0.1) is 12.6 Å². The minimum Gasteiger partial charge on any atom is -0.465 e. The largest absolute Gasteiger partial charge is 0.465 e. The Balaban J connectivity index is 3.49. The summed E-state index contributed by atoms with van der Waals surface area (Å²) in [6.45, 7) is 1.92. The van der Waals surface area contributed by atoms with Crippen LogP contribution in [0, 0.1) is 11.3 Å². The van der Waals surface area contributed by atoms with E-state index in [1.807, 2.05) is 13.0 Å². The Morgan fingerprint density at radius 3 is 2.73 bits per heavy atom. The molecule has 1 aromatic carbocycles. The lowest BCUT2D eigenvalue weighted by Gasteiger charge is -2.09. The second-order valence-corrected chi connectivity index (χ2v) is 3.43. The highest BCUT2D eigenvalue weighted by atomic mass is 32.1. The van der Waals surface area contributed by atoms with Crippen molar-refractivity contribution in [1.29, 1.82) is 5.26 Å². The Morgan fingerprint density at radius 2 is 2.27 bits per heavy atom. The van der Waals surface area contributed by atoms with Gasteiger partial charge in [0.2, 0.25) is 0 Å². The molecule has 0 aliphatic rings. The van der Waals surface area contributed by atoms with Crippen molar-refractivity contribution in [2.24, 2.45) is 0 Å². The zero-order valence-corrected chi connectivity index (χ0v) is 9.47. The van der Waals surface area contributed by atoms with Crippen LogP contribution in [-0.2, 0) is 11.2 Å². The van der Waals surface area contributed by atoms with Crippen molar-refractivity contribution < 1.29 is 9.53 Å². The number of rotatable bonds is 2. The fraction of sp³-hybridized carbons (Fsp3) is 0.273. The zero-order chi connectivity index (χ0) is 11.4. The first-order valence-electron chi connectivity index (χ1n) is 4.49. The molecule has 0 saturated heterocycles. The van der Waals surface area contributed by atoms with Crippen LogP contribution in [0.25, 0.3) is 0 Å². The summed E-state index contributed by atoms with van der Waals surface area (Å²) in [5.41, 5.74) is 1.41. The number of thiol groups is 1. The molecule has 0 aliphatic carbocycles. The number of benzene rings is 1. The first-order chi connectivity index (χ1) is 7.15. The van der Waals surface area contributed by atoms with E-state index in [9.17, 15) is 4.79 Å². The molecular formula is C11H11NO2S. The first kappa shape index (κ1) is 11.6. The number of carbonyl (C=O) groups is 1. The number of methoxy groups -OCH3 is 1. The molecule has 1 aromatic rings. The van der Waals surface area contributed by atoms with Gasteiger partial charge in [-0.05, 0) is 18.1 Å². The second kappa shape index (κ2) is 4.85. The van der Waals surface area contributed by atoms with Crippen molar-refractivity contribution in [3.05, 3.63) is 28.8 Å². The Morgan fingerprint density at radius 1 is 1.60 bits per heavy atom. The summed E-state index contributed by atoms with van der Waals surface area (Å²) < 4.78 is 4.65. The summed E-state index contributed by atoms with van der Waals surface area (Å²) in [6, 6.07) is 5.48. The molecule has 0 bridgehead atoms. The zero-order valence-electron chi connectivity index (χ0n) is 8.57. The highest BCUT2D eigenvalue weighted by Gasteiger charge is 2.18. The van der Waals surface area contributed by atoms with Gasteiger partial charge in [-0.3, -0.25) is 0 Å². The van der Waals surface area contributed by atoms with Gasteiger partial charge in [-0.25, -0.2) is 4.79 Å². The van der Waals surface area contributed by atoms with Gasteiger partial charge in [-0.2, -0.15) is 5.26 Å². The van der Waals surface area contributed by atoms with Gasteiger partial charge >= 0.3 is 5.97 Å². The quantitative estimate of drug-likeness (QED) is 0.615. The summed E-state index contributed by atoms with van der Waals surface area (Å²) in [5, 5.41) is 8.96. The van der Waals surface area contributed by atoms with Gasteiger partial charge in [0, 0.05) is 4.90 Å². The molecule has 0 fully saturated rings. The molecule has 0 aromatic heterocycles. The molecule has 0 radical (unpaired) electrons. The third kappa shape index (κ3) is 2.13. The maximum absolute atomic E-state index is 11.5. The monoisotopic (exact) mass is 221 g/mol. The summed E-state index contributed by atoms with van der Waals surface area (Å²) in [7, 11) is 1.30. The summed E-state index contributed by atoms with van der Waals surface area (Å²) in [4.78, 5) is 12.0. The molecular weight excluding hydrogens is 210 g/mol. The summed E-state index contributed by atoms with van der Waals surface area (Å²) in [6.07, 6.45) is 0.674. The highest BCUT2D eigenvalue weighted by Crippen LogP contribution is 2.22. The van der Waals surface area contributed by atoms with Crippen LogP contribution in [0.5, 0.6) is 0 Å². The Bertz CT molecular complexity index is 435. The van der Waals surface area contributed by atoms with E-state index in [1.54, 1.807) is 12.1 Å². The van der Waals surface area contributed by atoms with Crippen LogP contribution in [0.15, 0.2) is 17.0 Å². The third-order valence-electron chi connectivity index (χ3n) is 2.15. The van der Waals surface area contributed by atoms with Crippen LogP contribution in [0.1, 0.15) is 28.4 Å². The van der Waals surface area contributed by atoms with Crippen LogP contribution in [-0.4, -0.2) is 13.1 Å². The lowest BCUT2D eigenvalue weighted by molar-refractivity contribution is 0.0599. The number of hydrogen-bond acceptors (Lipinski definition) is 4. The number of nitrogens with zero attached hydrogens (tertiary/aromatic N) is 1. The normalized spacial score (nSPS) is 9.47. The molecule has 0 N–H and O–H groups in total. The average molecular weight is 221 g/mol. The van der Waals surface area contributed by atoms with E-state index in [0.717, 1.165) is 5.56 Å². The van der Waals surface area contributed by atoms with Crippen molar-refractivity contribution in [2.75, 3.05) is 7.11 Å². The Labute approximate surface area is 94.1 Å². The van der Waals surface area contributed by atoms with E-state index in [2.05, 4.69) is 17.4 Å². The van der Waals surface area contributed by atoms with E-state index >= 15 is 0 Å². The predicted octanol–water partition coefficient (Wildman–Crippen LogP) is 2.20. The number of ether oxygens (including phenoxy) is 1. The Kier molecular flexibility index (Phi) is 3.75. The summed E-state index contributed by atoms with van der Waals surface area (Å²) >= 11 is 4.14. The maximum Gasteiger partial charge on any atom is 0.339 e. The number of hydrogen-bond donors (Lipinski definition) is 1. The van der Waals surface area contributed by atoms with Gasteiger partial charge in [0.15, 0.2) is 0 Å². The van der Waals surface area contributed by atoms with E-state index in [1.165, 1.54) is 7.11 Å². The minimum absolute atomic E-state index is 0.282. The second-order valence-electron chi connectivity index (χ2n) is 2.95. The molecule has 0 spiro atoms. The van der Waals surface area contributed by atoms with Gasteiger partial charge in [0.25, 0.3) is 0 Å². The van der Waals surface area contributed by atoms with Crippen LogP contribution < -0.4 is 0 Å².